The van der Waals surface area contributed by atoms with Gasteiger partial charge in [0.15, 0.2) is 0 Å². The van der Waals surface area contributed by atoms with Crippen molar-refractivity contribution < 1.29 is 9.90 Å². The second kappa shape index (κ2) is 4.57. The van der Waals surface area contributed by atoms with E-state index in [0.717, 1.165) is 10.8 Å². The number of carboxylic acid groups (broad SMARTS) is 1. The molecule has 2 aromatic rings. The van der Waals surface area contributed by atoms with Gasteiger partial charge in [0, 0.05) is 17.8 Å². The lowest BCUT2D eigenvalue weighted by Crippen LogP contribution is -2.34. The Hall–Kier alpha value is -2.22. The molecule has 8 heteroatoms. The van der Waals surface area contributed by atoms with Crippen LogP contribution >= 0.6 is 11.3 Å². The van der Waals surface area contributed by atoms with Crippen LogP contribution in [0.15, 0.2) is 27.4 Å². The number of aromatic nitrogens is 3. The molecule has 2 rings (SSSR count). The summed E-state index contributed by atoms with van der Waals surface area (Å²) in [4.78, 5) is 39.8. The quantitative estimate of drug-likeness (QED) is 0.832. The minimum Gasteiger partial charge on any atom is -0.477 e. The highest BCUT2D eigenvalue weighted by Crippen LogP contribution is 2.17. The van der Waals surface area contributed by atoms with Crippen molar-refractivity contribution in [3.63, 3.8) is 0 Å². The number of aromatic amines is 1. The van der Waals surface area contributed by atoms with Crippen molar-refractivity contribution >= 4 is 17.3 Å². The van der Waals surface area contributed by atoms with Crippen LogP contribution in [0.4, 0.5) is 0 Å². The average Bonchev–Trinajstić information content (AvgIpc) is 2.81. The van der Waals surface area contributed by atoms with Gasteiger partial charge in [-0.15, -0.1) is 11.3 Å². The van der Waals surface area contributed by atoms with E-state index in [9.17, 15) is 14.4 Å². The zero-order chi connectivity index (χ0) is 13.3. The van der Waals surface area contributed by atoms with Crippen LogP contribution in [0.2, 0.25) is 0 Å². The topological polar surface area (TPSA) is 105 Å². The molecule has 0 spiro atoms. The minimum absolute atomic E-state index is 0.438. The molecule has 0 radical (unpaired) electrons. The molecule has 2 heterocycles. The van der Waals surface area contributed by atoms with Crippen molar-refractivity contribution in [1.82, 2.24) is 14.5 Å². The summed E-state index contributed by atoms with van der Waals surface area (Å²) in [6.45, 7) is 1.70. The second-order valence-electron chi connectivity index (χ2n) is 3.56. The van der Waals surface area contributed by atoms with Gasteiger partial charge < -0.3 is 5.11 Å². The van der Waals surface area contributed by atoms with Crippen molar-refractivity contribution in [2.24, 2.45) is 0 Å². The third-order valence-electron chi connectivity index (χ3n) is 2.42. The molecule has 7 nitrogen and oxygen atoms in total. The maximum Gasteiger partial charge on any atom is 0.342 e. The number of rotatable bonds is 3. The molecule has 0 aliphatic rings. The molecule has 2 aromatic heterocycles. The van der Waals surface area contributed by atoms with Crippen molar-refractivity contribution in [3.05, 3.63) is 49.2 Å². The fourth-order valence-electron chi connectivity index (χ4n) is 1.49. The molecule has 0 saturated heterocycles. The van der Waals surface area contributed by atoms with Crippen molar-refractivity contribution in [2.75, 3.05) is 0 Å². The lowest BCUT2D eigenvalue weighted by molar-refractivity contribution is 0.0693. The Labute approximate surface area is 104 Å². The fourth-order valence-corrected chi connectivity index (χ4v) is 2.18. The maximum atomic E-state index is 11.6. The number of nitrogens with one attached hydrogen (secondary N) is 1. The van der Waals surface area contributed by atoms with Crippen LogP contribution in [-0.4, -0.2) is 25.6 Å². The number of hydrogen-bond acceptors (Lipinski definition) is 5. The Morgan fingerprint density at radius 2 is 2.28 bits per heavy atom. The highest BCUT2D eigenvalue weighted by atomic mass is 32.1. The number of nitrogens with zero attached hydrogens (tertiary/aromatic N) is 2. The fraction of sp³-hybridized carbons (Fsp3) is 0.200. The van der Waals surface area contributed by atoms with Crippen LogP contribution in [-0.2, 0) is 0 Å². The third kappa shape index (κ3) is 2.09. The van der Waals surface area contributed by atoms with Gasteiger partial charge in [0.2, 0.25) is 0 Å². The smallest absolute Gasteiger partial charge is 0.342 e. The zero-order valence-corrected chi connectivity index (χ0v) is 10.1. The largest absolute Gasteiger partial charge is 0.477 e. The lowest BCUT2D eigenvalue weighted by Gasteiger charge is -2.12. The predicted octanol–water partition coefficient (Wildman–Crippen LogP) is 0.301. The molecule has 1 unspecified atom stereocenters. The van der Waals surface area contributed by atoms with Gasteiger partial charge in [-0.3, -0.25) is 14.3 Å². The van der Waals surface area contributed by atoms with Gasteiger partial charge in [0.1, 0.15) is 10.6 Å². The summed E-state index contributed by atoms with van der Waals surface area (Å²) in [7, 11) is 0. The molecule has 0 bridgehead atoms. The van der Waals surface area contributed by atoms with Crippen LogP contribution in [0.1, 0.15) is 28.3 Å². The van der Waals surface area contributed by atoms with Gasteiger partial charge in [-0.1, -0.05) is 0 Å². The minimum atomic E-state index is -1.38. The Morgan fingerprint density at radius 3 is 2.83 bits per heavy atom. The van der Waals surface area contributed by atoms with Crippen LogP contribution in [0.5, 0.6) is 0 Å². The summed E-state index contributed by atoms with van der Waals surface area (Å²) in [5, 5.41) is 11.2. The first-order chi connectivity index (χ1) is 8.50. The van der Waals surface area contributed by atoms with E-state index < -0.39 is 28.8 Å². The Kier molecular flexibility index (Phi) is 3.11. The Bertz CT molecular complexity index is 686. The van der Waals surface area contributed by atoms with Gasteiger partial charge in [0.25, 0.3) is 5.56 Å². The molecular weight excluding hydrogens is 258 g/mol. The molecule has 94 valence electrons. The number of carboxylic acids is 1. The zero-order valence-electron chi connectivity index (χ0n) is 9.28. The SMILES string of the molecule is CC(c1nccs1)n1cc(C(=O)O)c(=O)[nH]c1=O. The van der Waals surface area contributed by atoms with Crippen LogP contribution in [0, 0.1) is 0 Å². The highest BCUT2D eigenvalue weighted by molar-refractivity contribution is 7.09. The molecule has 0 aliphatic heterocycles. The number of thiazole rings is 1. The highest BCUT2D eigenvalue weighted by Gasteiger charge is 2.17. The molecule has 18 heavy (non-hydrogen) atoms. The van der Waals surface area contributed by atoms with Crippen molar-refractivity contribution in [1.29, 1.82) is 0 Å². The molecular formula is C10H9N3O4S. The van der Waals surface area contributed by atoms with E-state index in [0.29, 0.717) is 5.01 Å². The van der Waals surface area contributed by atoms with Gasteiger partial charge in [0.05, 0.1) is 6.04 Å². The third-order valence-corrected chi connectivity index (χ3v) is 3.37. The van der Waals surface area contributed by atoms with E-state index >= 15 is 0 Å². The standard InChI is InChI=1S/C10H9N3O4S/c1-5(8-11-2-3-18-8)13-4-6(9(15)16)7(14)12-10(13)17/h2-5H,1H3,(H,15,16)(H,12,14,17). The summed E-state index contributed by atoms with van der Waals surface area (Å²) in [6, 6.07) is -0.438. The van der Waals surface area contributed by atoms with E-state index in [1.165, 1.54) is 11.3 Å². The molecule has 1 atom stereocenters. The van der Waals surface area contributed by atoms with E-state index in [1.807, 2.05) is 4.98 Å². The van der Waals surface area contributed by atoms with E-state index in [2.05, 4.69) is 4.98 Å². The first-order valence-corrected chi connectivity index (χ1v) is 5.87. The van der Waals surface area contributed by atoms with Gasteiger partial charge in [-0.2, -0.15) is 0 Å². The summed E-state index contributed by atoms with van der Waals surface area (Å²) < 4.78 is 1.14. The lowest BCUT2D eigenvalue weighted by atomic mass is 10.3. The average molecular weight is 267 g/mol. The summed E-state index contributed by atoms with van der Waals surface area (Å²) in [6.07, 6.45) is 2.63. The van der Waals surface area contributed by atoms with Gasteiger partial charge in [-0.05, 0) is 6.92 Å². The Balaban J connectivity index is 2.58. The molecule has 0 fully saturated rings. The molecule has 0 aromatic carbocycles. The normalized spacial score (nSPS) is 12.3. The monoisotopic (exact) mass is 267 g/mol. The van der Waals surface area contributed by atoms with E-state index in [-0.39, 0.29) is 0 Å². The first kappa shape index (κ1) is 12.2. The number of aromatic carboxylic acids is 1. The Morgan fingerprint density at radius 1 is 1.56 bits per heavy atom. The number of carbonyl (C=O) groups is 1. The van der Waals surface area contributed by atoms with Crippen LogP contribution in [0.3, 0.4) is 0 Å². The van der Waals surface area contributed by atoms with Crippen LogP contribution < -0.4 is 11.2 Å². The van der Waals surface area contributed by atoms with Gasteiger partial charge >= 0.3 is 11.7 Å². The van der Waals surface area contributed by atoms with Crippen molar-refractivity contribution in [2.45, 2.75) is 13.0 Å². The molecule has 0 saturated carbocycles. The van der Waals surface area contributed by atoms with Crippen LogP contribution in [0.25, 0.3) is 0 Å². The number of hydrogen-bond donors (Lipinski definition) is 2. The van der Waals surface area contributed by atoms with Crippen molar-refractivity contribution in [3.8, 4) is 0 Å². The summed E-state index contributed by atoms with van der Waals surface area (Å²) in [5.74, 6) is -1.38. The summed E-state index contributed by atoms with van der Waals surface area (Å²) >= 11 is 1.34. The van der Waals surface area contributed by atoms with Gasteiger partial charge in [-0.25, -0.2) is 14.6 Å². The molecule has 2 N–H and O–H groups in total. The van der Waals surface area contributed by atoms with E-state index in [4.69, 9.17) is 5.11 Å². The number of H-pyrrole nitrogens is 1. The maximum absolute atomic E-state index is 11.6. The first-order valence-electron chi connectivity index (χ1n) is 4.99. The summed E-state index contributed by atoms with van der Waals surface area (Å²) in [5.41, 5.74) is -2.04. The second-order valence-corrected chi connectivity index (χ2v) is 4.49. The predicted molar refractivity (Wildman–Crippen MR) is 64.2 cm³/mol. The molecule has 0 aliphatic carbocycles. The molecule has 0 amide bonds. The van der Waals surface area contributed by atoms with E-state index in [1.54, 1.807) is 18.5 Å².